The molecule has 0 atom stereocenters. The quantitative estimate of drug-likeness (QED) is 0.417. The fraction of sp³-hybridized carbons (Fsp3) is 0.0455. The Balaban J connectivity index is 1.45. The number of hydrogen-bond donors (Lipinski definition) is 2. The van der Waals surface area contributed by atoms with Crippen molar-refractivity contribution in [1.29, 1.82) is 0 Å². The minimum absolute atomic E-state index is 0.278. The molecule has 6 rings (SSSR count). The van der Waals surface area contributed by atoms with Gasteiger partial charge < -0.3 is 9.97 Å². The van der Waals surface area contributed by atoms with E-state index in [-0.39, 0.29) is 11.5 Å². The van der Waals surface area contributed by atoms with Crippen LogP contribution in [0.5, 0.6) is 0 Å². The number of nitrogens with zero attached hydrogens (tertiary/aromatic N) is 6. The molecular formula is C22H14ClFN8O. The highest BCUT2D eigenvalue weighted by molar-refractivity contribution is 6.35. The van der Waals surface area contributed by atoms with Gasteiger partial charge in [0.2, 0.25) is 0 Å². The smallest absolute Gasteiger partial charge is 0.306 e. The molecule has 9 nitrogen and oxygen atoms in total. The second kappa shape index (κ2) is 7.38. The van der Waals surface area contributed by atoms with E-state index < -0.39 is 0 Å². The van der Waals surface area contributed by atoms with Crippen molar-refractivity contribution in [3.05, 3.63) is 87.9 Å². The molecule has 0 radical (unpaired) electrons. The minimum atomic E-state index is -0.390. The average molecular weight is 461 g/mol. The van der Waals surface area contributed by atoms with Crippen molar-refractivity contribution in [2.24, 2.45) is 0 Å². The lowest BCUT2D eigenvalue weighted by Gasteiger charge is -2.09. The van der Waals surface area contributed by atoms with E-state index in [0.717, 1.165) is 16.9 Å². The summed E-state index contributed by atoms with van der Waals surface area (Å²) in [6.07, 6.45) is 2.86. The van der Waals surface area contributed by atoms with E-state index in [0.29, 0.717) is 39.3 Å². The second-order valence-corrected chi connectivity index (χ2v) is 7.89. The molecule has 0 aliphatic rings. The molecule has 0 bridgehead atoms. The standard InChI is InChI=1S/C22H14ClFN8O/c23-16-7-12(19-5-6-26-31(19)11-14-2-1-13(24)10-25-14)8-20-21(16)29-30-32(20)15-3-4-17-18(9-15)28-22(33)27-17/h1-10H,11H2,(H2,27,28,33). The summed E-state index contributed by atoms with van der Waals surface area (Å²) in [6, 6.07) is 14.0. The summed E-state index contributed by atoms with van der Waals surface area (Å²) in [4.78, 5) is 21.2. The second-order valence-electron chi connectivity index (χ2n) is 7.48. The van der Waals surface area contributed by atoms with Crippen molar-refractivity contribution >= 4 is 33.7 Å². The minimum Gasteiger partial charge on any atom is -0.306 e. The van der Waals surface area contributed by atoms with Crippen molar-refractivity contribution < 1.29 is 4.39 Å². The largest absolute Gasteiger partial charge is 0.323 e. The Hall–Kier alpha value is -4.31. The maximum Gasteiger partial charge on any atom is 0.323 e. The van der Waals surface area contributed by atoms with Gasteiger partial charge in [-0.2, -0.15) is 5.10 Å². The molecule has 33 heavy (non-hydrogen) atoms. The Morgan fingerprint density at radius 2 is 1.91 bits per heavy atom. The molecule has 0 fully saturated rings. The predicted octanol–water partition coefficient (Wildman–Crippen LogP) is 3.69. The highest BCUT2D eigenvalue weighted by atomic mass is 35.5. The van der Waals surface area contributed by atoms with Crippen LogP contribution in [0.15, 0.2) is 65.7 Å². The molecule has 4 aromatic heterocycles. The van der Waals surface area contributed by atoms with Crippen LogP contribution in [-0.4, -0.2) is 39.7 Å². The summed E-state index contributed by atoms with van der Waals surface area (Å²) in [5, 5.41) is 13.3. The van der Waals surface area contributed by atoms with Gasteiger partial charge in [0.1, 0.15) is 11.3 Å². The zero-order valence-corrected chi connectivity index (χ0v) is 17.6. The molecule has 0 saturated carbocycles. The first-order chi connectivity index (χ1) is 16.0. The van der Waals surface area contributed by atoms with Crippen LogP contribution in [-0.2, 0) is 6.54 Å². The molecule has 162 valence electrons. The van der Waals surface area contributed by atoms with Crippen LogP contribution in [0, 0.1) is 5.82 Å². The SMILES string of the molecule is O=c1[nH]c2ccc(-n3nnc4c(Cl)cc(-c5ccnn5Cc5ccc(F)cn5)cc43)cc2[nH]1. The van der Waals surface area contributed by atoms with E-state index in [2.05, 4.69) is 30.4 Å². The molecule has 0 spiro atoms. The van der Waals surface area contributed by atoms with Crippen LogP contribution in [0.3, 0.4) is 0 Å². The lowest BCUT2D eigenvalue weighted by atomic mass is 10.1. The Morgan fingerprint density at radius 1 is 1.03 bits per heavy atom. The van der Waals surface area contributed by atoms with Gasteiger partial charge in [-0.3, -0.25) is 9.67 Å². The number of rotatable bonds is 4. The van der Waals surface area contributed by atoms with Crippen LogP contribution in [0.25, 0.3) is 39.0 Å². The zero-order chi connectivity index (χ0) is 22.5. The number of aromatic nitrogens is 8. The molecule has 2 N–H and O–H groups in total. The van der Waals surface area contributed by atoms with Gasteiger partial charge in [-0.15, -0.1) is 5.10 Å². The van der Waals surface area contributed by atoms with Crippen molar-refractivity contribution in [2.45, 2.75) is 6.54 Å². The van der Waals surface area contributed by atoms with Crippen molar-refractivity contribution in [3.63, 3.8) is 0 Å². The molecule has 6 aromatic rings. The van der Waals surface area contributed by atoms with E-state index in [1.54, 1.807) is 33.8 Å². The fourth-order valence-corrected chi connectivity index (χ4v) is 4.08. The Labute approximate surface area is 189 Å². The normalized spacial score (nSPS) is 11.6. The van der Waals surface area contributed by atoms with Gasteiger partial charge >= 0.3 is 5.69 Å². The molecule has 2 aromatic carbocycles. The monoisotopic (exact) mass is 460 g/mol. The predicted molar refractivity (Wildman–Crippen MR) is 121 cm³/mol. The van der Waals surface area contributed by atoms with E-state index >= 15 is 0 Å². The first-order valence-corrected chi connectivity index (χ1v) is 10.3. The summed E-state index contributed by atoms with van der Waals surface area (Å²) in [5.74, 6) is -0.390. The lowest BCUT2D eigenvalue weighted by molar-refractivity contribution is 0.613. The first-order valence-electron chi connectivity index (χ1n) is 9.95. The van der Waals surface area contributed by atoms with Crippen molar-refractivity contribution in [3.8, 4) is 16.9 Å². The van der Waals surface area contributed by atoms with Gasteiger partial charge in [0.05, 0.1) is 51.4 Å². The van der Waals surface area contributed by atoms with Gasteiger partial charge in [0.15, 0.2) is 0 Å². The number of halogens is 2. The number of benzene rings is 2. The number of nitrogens with one attached hydrogen (secondary N) is 2. The first kappa shape index (κ1) is 19.4. The van der Waals surface area contributed by atoms with Crippen molar-refractivity contribution in [1.82, 2.24) is 39.7 Å². The third kappa shape index (κ3) is 3.37. The molecule has 0 saturated heterocycles. The fourth-order valence-electron chi connectivity index (χ4n) is 3.83. The number of pyridine rings is 1. The maximum atomic E-state index is 13.2. The third-order valence-corrected chi connectivity index (χ3v) is 5.65. The molecule has 0 unspecified atom stereocenters. The number of H-pyrrole nitrogens is 2. The van der Waals surface area contributed by atoms with E-state index in [1.807, 2.05) is 24.3 Å². The van der Waals surface area contributed by atoms with Crippen molar-refractivity contribution in [2.75, 3.05) is 0 Å². The topological polar surface area (TPSA) is 110 Å². The zero-order valence-electron chi connectivity index (χ0n) is 16.8. The van der Waals surface area contributed by atoms with Gasteiger partial charge in [-0.25, -0.2) is 13.9 Å². The molecule has 0 aliphatic heterocycles. The van der Waals surface area contributed by atoms with Gasteiger partial charge in [-0.1, -0.05) is 16.8 Å². The highest BCUT2D eigenvalue weighted by Crippen LogP contribution is 2.31. The summed E-state index contributed by atoms with van der Waals surface area (Å²) in [5.41, 5.74) is 5.34. The third-order valence-electron chi connectivity index (χ3n) is 5.36. The molecule has 0 amide bonds. The summed E-state index contributed by atoms with van der Waals surface area (Å²) in [6.45, 7) is 0.368. The lowest BCUT2D eigenvalue weighted by Crippen LogP contribution is -2.05. The van der Waals surface area contributed by atoms with Crippen LogP contribution < -0.4 is 5.69 Å². The number of hydrogen-bond acceptors (Lipinski definition) is 5. The highest BCUT2D eigenvalue weighted by Gasteiger charge is 2.15. The van der Waals surface area contributed by atoms with E-state index in [1.165, 1.54) is 12.3 Å². The molecule has 11 heteroatoms. The van der Waals surface area contributed by atoms with Crippen LogP contribution in [0.2, 0.25) is 5.02 Å². The van der Waals surface area contributed by atoms with E-state index in [4.69, 9.17) is 11.6 Å². The molecular weight excluding hydrogens is 447 g/mol. The van der Waals surface area contributed by atoms with Gasteiger partial charge in [0.25, 0.3) is 0 Å². The number of fused-ring (bicyclic) bond motifs is 2. The van der Waals surface area contributed by atoms with Crippen LogP contribution in [0.4, 0.5) is 4.39 Å². The molecule has 0 aliphatic carbocycles. The number of imidazole rings is 1. The Kier molecular flexibility index (Phi) is 4.34. The molecule has 4 heterocycles. The summed E-state index contributed by atoms with van der Waals surface area (Å²) >= 11 is 6.56. The van der Waals surface area contributed by atoms with Gasteiger partial charge in [-0.05, 0) is 48.5 Å². The van der Waals surface area contributed by atoms with Gasteiger partial charge in [0, 0.05) is 11.8 Å². The average Bonchev–Trinajstić information content (AvgIpc) is 3.52. The number of aromatic amines is 2. The van der Waals surface area contributed by atoms with E-state index in [9.17, 15) is 9.18 Å². The summed E-state index contributed by atoms with van der Waals surface area (Å²) in [7, 11) is 0. The summed E-state index contributed by atoms with van der Waals surface area (Å²) < 4.78 is 16.6. The Bertz CT molecular complexity index is 1700. The van der Waals surface area contributed by atoms with Crippen LogP contribution >= 0.6 is 11.6 Å². The van der Waals surface area contributed by atoms with Crippen LogP contribution in [0.1, 0.15) is 5.69 Å². The maximum absolute atomic E-state index is 13.2. The Morgan fingerprint density at radius 3 is 2.76 bits per heavy atom.